The summed E-state index contributed by atoms with van der Waals surface area (Å²) in [5, 5.41) is 5.31. The molecule has 21 heavy (non-hydrogen) atoms. The van der Waals surface area contributed by atoms with Crippen molar-refractivity contribution >= 4 is 17.0 Å². The van der Waals surface area contributed by atoms with E-state index in [9.17, 15) is 4.79 Å². The highest BCUT2D eigenvalue weighted by atomic mass is 16.6. The predicted octanol–water partition coefficient (Wildman–Crippen LogP) is 3.23. The zero-order valence-electron chi connectivity index (χ0n) is 11.6. The van der Waals surface area contributed by atoms with E-state index in [1.807, 2.05) is 61.5 Å². The van der Waals surface area contributed by atoms with Crippen LogP contribution < -0.4 is 5.43 Å². The van der Waals surface area contributed by atoms with E-state index < -0.39 is 6.09 Å². The smallest absolute Gasteiger partial charge is 0.428 e. The molecule has 3 aromatic rings. The van der Waals surface area contributed by atoms with Gasteiger partial charge in [-0.1, -0.05) is 48.5 Å². The summed E-state index contributed by atoms with van der Waals surface area (Å²) in [7, 11) is 0. The van der Waals surface area contributed by atoms with Crippen molar-refractivity contribution in [1.29, 1.82) is 0 Å². The Balaban J connectivity index is 1.67. The van der Waals surface area contributed by atoms with Crippen molar-refractivity contribution in [3.63, 3.8) is 0 Å². The molecule has 2 aromatic carbocycles. The summed E-state index contributed by atoms with van der Waals surface area (Å²) in [6.45, 7) is 2.12. The summed E-state index contributed by atoms with van der Waals surface area (Å²) in [5.74, 6) is 0. The van der Waals surface area contributed by atoms with Gasteiger partial charge in [-0.25, -0.2) is 10.2 Å². The summed E-state index contributed by atoms with van der Waals surface area (Å²) in [5.41, 5.74) is 5.25. The van der Waals surface area contributed by atoms with Gasteiger partial charge in [0.25, 0.3) is 0 Å². The highest BCUT2D eigenvalue weighted by molar-refractivity contribution is 5.83. The van der Waals surface area contributed by atoms with Crippen molar-refractivity contribution < 1.29 is 9.53 Å². The van der Waals surface area contributed by atoms with E-state index in [4.69, 9.17) is 4.74 Å². The fourth-order valence-corrected chi connectivity index (χ4v) is 2.11. The van der Waals surface area contributed by atoms with Gasteiger partial charge in [0, 0.05) is 5.39 Å². The van der Waals surface area contributed by atoms with Crippen LogP contribution in [0.15, 0.2) is 54.6 Å². The third-order valence-corrected chi connectivity index (χ3v) is 3.23. The van der Waals surface area contributed by atoms with Crippen molar-refractivity contribution in [2.45, 2.75) is 13.5 Å². The van der Waals surface area contributed by atoms with Gasteiger partial charge in [0.1, 0.15) is 6.61 Å². The Labute approximate surface area is 122 Å². The topological polar surface area (TPSA) is 56.2 Å². The molecule has 1 aromatic heterocycles. The maximum atomic E-state index is 11.8. The third-order valence-electron chi connectivity index (χ3n) is 3.23. The van der Waals surface area contributed by atoms with Crippen molar-refractivity contribution in [2.75, 3.05) is 5.43 Å². The second-order valence-corrected chi connectivity index (χ2v) is 4.69. The lowest BCUT2D eigenvalue weighted by Crippen LogP contribution is -2.25. The van der Waals surface area contributed by atoms with Gasteiger partial charge in [0.05, 0.1) is 11.2 Å². The number of benzene rings is 2. The van der Waals surface area contributed by atoms with Crippen LogP contribution in [0.2, 0.25) is 0 Å². The van der Waals surface area contributed by atoms with Gasteiger partial charge in [-0.05, 0) is 18.6 Å². The zero-order valence-corrected chi connectivity index (χ0v) is 11.6. The molecule has 0 saturated heterocycles. The number of nitrogens with one attached hydrogen (secondary N) is 1. The number of aromatic nitrogens is 2. The largest absolute Gasteiger partial charge is 0.443 e. The molecule has 0 fully saturated rings. The molecule has 0 radical (unpaired) electrons. The Morgan fingerprint density at radius 2 is 1.86 bits per heavy atom. The van der Waals surface area contributed by atoms with Crippen LogP contribution in [0.3, 0.4) is 0 Å². The first-order valence-electron chi connectivity index (χ1n) is 6.66. The Morgan fingerprint density at radius 1 is 1.14 bits per heavy atom. The van der Waals surface area contributed by atoms with Crippen LogP contribution in [0.5, 0.6) is 0 Å². The summed E-state index contributed by atoms with van der Waals surface area (Å²) in [6.07, 6.45) is -0.533. The predicted molar refractivity (Wildman–Crippen MR) is 80.5 cm³/mol. The van der Waals surface area contributed by atoms with Crippen LogP contribution in [0.1, 0.15) is 11.3 Å². The van der Waals surface area contributed by atoms with E-state index in [-0.39, 0.29) is 6.61 Å². The van der Waals surface area contributed by atoms with Crippen LogP contribution in [0.4, 0.5) is 4.79 Å². The molecule has 0 aliphatic heterocycles. The van der Waals surface area contributed by atoms with Gasteiger partial charge >= 0.3 is 6.09 Å². The molecule has 0 saturated carbocycles. The van der Waals surface area contributed by atoms with Gasteiger partial charge in [0.15, 0.2) is 0 Å². The highest BCUT2D eigenvalue weighted by Gasteiger charge is 2.10. The molecule has 0 spiro atoms. The number of amides is 1. The lowest BCUT2D eigenvalue weighted by molar-refractivity contribution is 0.151. The Morgan fingerprint density at radius 3 is 2.62 bits per heavy atom. The van der Waals surface area contributed by atoms with Crippen LogP contribution >= 0.6 is 0 Å². The Bertz CT molecular complexity index is 766. The van der Waals surface area contributed by atoms with Crippen molar-refractivity contribution in [2.24, 2.45) is 0 Å². The molecule has 0 aliphatic rings. The molecule has 106 valence electrons. The number of nitrogens with zero attached hydrogens (tertiary/aromatic N) is 2. The average Bonchev–Trinajstić information content (AvgIpc) is 2.83. The second kappa shape index (κ2) is 5.66. The number of carbonyl (C=O) groups excluding carboxylic acids is 1. The highest BCUT2D eigenvalue weighted by Crippen LogP contribution is 2.15. The summed E-state index contributed by atoms with van der Waals surface area (Å²) in [6, 6.07) is 17.2. The van der Waals surface area contributed by atoms with Crippen molar-refractivity contribution in [3.8, 4) is 0 Å². The molecular weight excluding hydrogens is 266 g/mol. The Kier molecular flexibility index (Phi) is 3.55. The number of fused-ring (bicyclic) bond motifs is 1. The molecule has 0 atom stereocenters. The first kappa shape index (κ1) is 13.2. The second-order valence-electron chi connectivity index (χ2n) is 4.69. The van der Waals surface area contributed by atoms with E-state index in [0.717, 1.165) is 22.2 Å². The minimum absolute atomic E-state index is 0.229. The molecular formula is C16H15N3O2. The van der Waals surface area contributed by atoms with Gasteiger partial charge in [-0.2, -0.15) is 9.89 Å². The SMILES string of the molecule is Cc1c2ccccc2nn1NC(=O)OCc1ccccc1. The van der Waals surface area contributed by atoms with E-state index in [1.165, 1.54) is 4.79 Å². The quantitative estimate of drug-likeness (QED) is 0.802. The zero-order chi connectivity index (χ0) is 14.7. The van der Waals surface area contributed by atoms with E-state index in [1.54, 1.807) is 0 Å². The Hall–Kier alpha value is -2.82. The fraction of sp³-hybridized carbons (Fsp3) is 0.125. The molecule has 5 nitrogen and oxygen atoms in total. The first-order chi connectivity index (χ1) is 10.2. The standard InChI is InChI=1S/C16H15N3O2/c1-12-14-9-5-6-10-15(14)17-19(12)18-16(20)21-11-13-7-3-2-4-8-13/h2-10H,11H2,1H3,(H,18,20). The van der Waals surface area contributed by atoms with Crippen molar-refractivity contribution in [1.82, 2.24) is 9.89 Å². The van der Waals surface area contributed by atoms with Gasteiger partial charge in [-0.3, -0.25) is 0 Å². The lowest BCUT2D eigenvalue weighted by Gasteiger charge is -2.08. The van der Waals surface area contributed by atoms with E-state index in [0.29, 0.717) is 0 Å². The van der Waals surface area contributed by atoms with Crippen LogP contribution in [0.25, 0.3) is 10.9 Å². The molecule has 0 bridgehead atoms. The number of hydrogen-bond acceptors (Lipinski definition) is 3. The molecule has 5 heteroatoms. The van der Waals surface area contributed by atoms with E-state index >= 15 is 0 Å². The number of rotatable bonds is 3. The fourth-order valence-electron chi connectivity index (χ4n) is 2.11. The van der Waals surface area contributed by atoms with Gasteiger partial charge in [-0.15, -0.1) is 0 Å². The maximum absolute atomic E-state index is 11.8. The normalized spacial score (nSPS) is 10.5. The van der Waals surface area contributed by atoms with Gasteiger partial charge in [0.2, 0.25) is 0 Å². The minimum atomic E-state index is -0.533. The summed E-state index contributed by atoms with van der Waals surface area (Å²) < 4.78 is 5.17. The summed E-state index contributed by atoms with van der Waals surface area (Å²) >= 11 is 0. The van der Waals surface area contributed by atoms with E-state index in [2.05, 4.69) is 10.5 Å². The van der Waals surface area contributed by atoms with Crippen LogP contribution in [0, 0.1) is 6.92 Å². The lowest BCUT2D eigenvalue weighted by atomic mass is 10.2. The monoisotopic (exact) mass is 281 g/mol. The number of ether oxygens (including phenoxy) is 1. The molecule has 0 unspecified atom stereocenters. The number of hydrogen-bond donors (Lipinski definition) is 1. The summed E-state index contributed by atoms with van der Waals surface area (Å²) in [4.78, 5) is 13.3. The third kappa shape index (κ3) is 2.86. The van der Waals surface area contributed by atoms with Gasteiger partial charge < -0.3 is 4.74 Å². The van der Waals surface area contributed by atoms with Crippen LogP contribution in [-0.2, 0) is 11.3 Å². The minimum Gasteiger partial charge on any atom is -0.443 e. The molecule has 0 aliphatic carbocycles. The first-order valence-corrected chi connectivity index (χ1v) is 6.66. The molecule has 3 rings (SSSR count). The number of aryl methyl sites for hydroxylation is 1. The van der Waals surface area contributed by atoms with Crippen LogP contribution in [-0.4, -0.2) is 16.0 Å². The number of carbonyl (C=O) groups is 1. The van der Waals surface area contributed by atoms with Crippen molar-refractivity contribution in [3.05, 3.63) is 65.9 Å². The molecule has 1 N–H and O–H groups in total. The molecule has 1 amide bonds. The maximum Gasteiger partial charge on any atom is 0.428 e. The molecule has 1 heterocycles. The average molecular weight is 281 g/mol.